The van der Waals surface area contributed by atoms with Crippen LogP contribution in [0.25, 0.3) is 0 Å². The third-order valence-corrected chi connectivity index (χ3v) is 11.0. The molecule has 0 saturated carbocycles. The molecule has 0 fully saturated rings. The fourth-order valence-corrected chi connectivity index (χ4v) is 7.36. The van der Waals surface area contributed by atoms with Crippen LogP contribution in [-0.2, 0) is 18.4 Å². The fourth-order valence-electron chi connectivity index (χ4n) is 6.60. The summed E-state index contributed by atoms with van der Waals surface area (Å²) in [5.41, 5.74) is 5.37. The second-order valence-electron chi connectivity index (χ2n) is 15.3. The van der Waals surface area contributed by atoms with Crippen molar-refractivity contribution in [1.82, 2.24) is 5.32 Å². The minimum atomic E-state index is -4.33. The van der Waals surface area contributed by atoms with Crippen molar-refractivity contribution in [2.75, 3.05) is 19.8 Å². The summed E-state index contributed by atoms with van der Waals surface area (Å²) in [4.78, 5) is 22.7. The Bertz CT molecular complexity index is 886. The summed E-state index contributed by atoms with van der Waals surface area (Å²) in [5.74, 6) is -0.195. The molecule has 314 valence electrons. The Kier molecular flexibility index (Phi) is 39.9. The lowest BCUT2D eigenvalue weighted by atomic mass is 10.0. The van der Waals surface area contributed by atoms with E-state index in [1.54, 1.807) is 6.08 Å². The Labute approximate surface area is 327 Å². The van der Waals surface area contributed by atoms with E-state index in [1.165, 1.54) is 161 Å². The molecule has 0 radical (unpaired) electrons. The van der Waals surface area contributed by atoms with Crippen molar-refractivity contribution in [3.63, 3.8) is 0 Å². The topological polar surface area (TPSA) is 131 Å². The van der Waals surface area contributed by atoms with Gasteiger partial charge >= 0.3 is 7.82 Å². The molecule has 0 aliphatic heterocycles. The summed E-state index contributed by atoms with van der Waals surface area (Å²) in [5, 5.41) is 13.6. The molecule has 0 aromatic carbocycles. The number of aliphatic hydroxyl groups is 1. The van der Waals surface area contributed by atoms with Gasteiger partial charge in [0.05, 0.1) is 25.4 Å². The van der Waals surface area contributed by atoms with E-state index in [1.807, 2.05) is 6.08 Å². The normalized spacial score (nSPS) is 14.3. The third kappa shape index (κ3) is 39.0. The van der Waals surface area contributed by atoms with Gasteiger partial charge in [0.25, 0.3) is 0 Å². The molecule has 0 aromatic rings. The van der Waals surface area contributed by atoms with Gasteiger partial charge in [0.1, 0.15) is 0 Å². The number of aliphatic hydroxyl groups excluding tert-OH is 1. The molecule has 3 unspecified atom stereocenters. The minimum Gasteiger partial charge on any atom is -0.387 e. The van der Waals surface area contributed by atoms with Crippen LogP contribution >= 0.6 is 7.82 Å². The van der Waals surface area contributed by atoms with Crippen molar-refractivity contribution in [2.24, 2.45) is 5.73 Å². The van der Waals surface area contributed by atoms with Gasteiger partial charge in [0.2, 0.25) is 5.91 Å². The highest BCUT2D eigenvalue weighted by molar-refractivity contribution is 7.47. The Balaban J connectivity index is 4.06. The van der Waals surface area contributed by atoms with Crippen LogP contribution < -0.4 is 11.1 Å². The van der Waals surface area contributed by atoms with Crippen LogP contribution in [0.4, 0.5) is 0 Å². The predicted octanol–water partition coefficient (Wildman–Crippen LogP) is 12.6. The molecule has 0 spiro atoms. The summed E-state index contributed by atoms with van der Waals surface area (Å²) in [6.07, 6.45) is 46.6. The zero-order valence-corrected chi connectivity index (χ0v) is 35.7. The summed E-state index contributed by atoms with van der Waals surface area (Å²) in [7, 11) is -4.33. The monoisotopic (exact) mass is 771 g/mol. The second kappa shape index (κ2) is 40.6. The molecule has 0 heterocycles. The lowest BCUT2D eigenvalue weighted by Gasteiger charge is -2.23. The number of amides is 1. The Hall–Kier alpha value is -1.02. The van der Waals surface area contributed by atoms with Crippen molar-refractivity contribution in [3.05, 3.63) is 24.3 Å². The van der Waals surface area contributed by atoms with Crippen LogP contribution in [0, 0.1) is 0 Å². The number of carbonyl (C=O) groups excluding carboxylic acids is 1. The van der Waals surface area contributed by atoms with E-state index >= 15 is 0 Å². The number of allylic oxidation sites excluding steroid dienone is 3. The number of phosphoric ester groups is 1. The molecular weight excluding hydrogens is 683 g/mol. The van der Waals surface area contributed by atoms with E-state index in [0.29, 0.717) is 6.42 Å². The number of carbonyl (C=O) groups is 1. The molecule has 53 heavy (non-hydrogen) atoms. The molecule has 1 amide bonds. The fraction of sp³-hybridized carbons (Fsp3) is 0.886. The molecule has 0 bridgehead atoms. The Morgan fingerprint density at radius 1 is 0.604 bits per heavy atom. The van der Waals surface area contributed by atoms with Crippen LogP contribution in [0.5, 0.6) is 0 Å². The zero-order valence-electron chi connectivity index (χ0n) is 34.8. The van der Waals surface area contributed by atoms with E-state index in [0.717, 1.165) is 38.5 Å². The van der Waals surface area contributed by atoms with Gasteiger partial charge in [-0.2, -0.15) is 0 Å². The van der Waals surface area contributed by atoms with Crippen molar-refractivity contribution in [1.29, 1.82) is 0 Å². The molecule has 0 aromatic heterocycles. The maximum Gasteiger partial charge on any atom is 0.472 e. The quantitative estimate of drug-likeness (QED) is 0.0276. The number of nitrogens with one attached hydrogen (secondary N) is 1. The first-order valence-corrected chi connectivity index (χ1v) is 24.0. The molecule has 0 aliphatic carbocycles. The molecule has 0 saturated heterocycles. The second-order valence-corrected chi connectivity index (χ2v) is 16.7. The van der Waals surface area contributed by atoms with E-state index in [4.69, 9.17) is 14.8 Å². The molecule has 0 aliphatic rings. The van der Waals surface area contributed by atoms with Gasteiger partial charge in [0, 0.05) is 13.0 Å². The number of hydrogen-bond donors (Lipinski definition) is 4. The van der Waals surface area contributed by atoms with E-state index < -0.39 is 20.0 Å². The van der Waals surface area contributed by atoms with E-state index in [2.05, 4.69) is 31.3 Å². The highest BCUT2D eigenvalue weighted by atomic mass is 31.2. The van der Waals surface area contributed by atoms with Gasteiger partial charge in [0.15, 0.2) is 0 Å². The Morgan fingerprint density at radius 2 is 0.981 bits per heavy atom. The maximum atomic E-state index is 12.7. The van der Waals surface area contributed by atoms with Crippen molar-refractivity contribution in [3.8, 4) is 0 Å². The number of rotatable bonds is 42. The largest absolute Gasteiger partial charge is 0.472 e. The lowest BCUT2D eigenvalue weighted by Crippen LogP contribution is -2.45. The van der Waals surface area contributed by atoms with Crippen LogP contribution in [0.2, 0.25) is 0 Å². The molecule has 3 atom stereocenters. The summed E-state index contributed by atoms with van der Waals surface area (Å²) < 4.78 is 22.1. The van der Waals surface area contributed by atoms with Gasteiger partial charge in [-0.15, -0.1) is 0 Å². The number of nitrogens with two attached hydrogens (primary N) is 1. The number of hydrogen-bond acceptors (Lipinski definition) is 6. The van der Waals surface area contributed by atoms with Crippen molar-refractivity contribution < 1.29 is 28.4 Å². The van der Waals surface area contributed by atoms with Gasteiger partial charge in [-0.3, -0.25) is 13.8 Å². The molecule has 8 nitrogen and oxygen atoms in total. The maximum absolute atomic E-state index is 12.7. The molecule has 0 rings (SSSR count). The van der Waals surface area contributed by atoms with Crippen LogP contribution in [-0.4, -0.2) is 47.8 Å². The SMILES string of the molecule is CCCCCCCCCC/C=C\CCCCCCCCCCCCCC(=O)NC(COP(=O)(O)OCCN)C(O)/C=C/CCCCCCCCCCC. The number of phosphoric acid groups is 1. The standard InChI is InChI=1S/C44H87N2O6P/c1-3-5-7-9-11-13-15-16-17-18-19-20-21-22-23-24-25-26-28-30-32-34-36-38-44(48)46-42(41-52-53(49,50)51-40-39-45)43(47)37-35-33-31-29-27-14-12-10-8-6-4-2/h18-19,35,37,42-43,47H,3-17,20-34,36,38-41,45H2,1-2H3,(H,46,48)(H,49,50)/b19-18-,37-35+. The number of unbranched alkanes of at least 4 members (excludes halogenated alkanes) is 28. The van der Waals surface area contributed by atoms with E-state index in [-0.39, 0.29) is 25.7 Å². The van der Waals surface area contributed by atoms with E-state index in [9.17, 15) is 19.4 Å². The molecular formula is C44H87N2O6P. The minimum absolute atomic E-state index is 0.0794. The molecule has 9 heteroatoms. The third-order valence-electron chi connectivity index (χ3n) is 10.0. The van der Waals surface area contributed by atoms with Gasteiger partial charge in [-0.05, 0) is 44.9 Å². The highest BCUT2D eigenvalue weighted by Gasteiger charge is 2.26. The summed E-state index contributed by atoms with van der Waals surface area (Å²) in [6, 6.07) is -0.857. The highest BCUT2D eigenvalue weighted by Crippen LogP contribution is 2.43. The summed E-state index contributed by atoms with van der Waals surface area (Å²) in [6.45, 7) is 4.13. The Morgan fingerprint density at radius 3 is 1.40 bits per heavy atom. The lowest BCUT2D eigenvalue weighted by molar-refractivity contribution is -0.123. The first-order valence-electron chi connectivity index (χ1n) is 22.5. The van der Waals surface area contributed by atoms with Gasteiger partial charge in [-0.25, -0.2) is 4.57 Å². The van der Waals surface area contributed by atoms with Crippen LogP contribution in [0.3, 0.4) is 0 Å². The average Bonchev–Trinajstić information content (AvgIpc) is 3.14. The van der Waals surface area contributed by atoms with Gasteiger partial charge < -0.3 is 21.1 Å². The average molecular weight is 771 g/mol. The first-order chi connectivity index (χ1) is 25.9. The smallest absolute Gasteiger partial charge is 0.387 e. The predicted molar refractivity (Wildman–Crippen MR) is 226 cm³/mol. The van der Waals surface area contributed by atoms with Crippen LogP contribution in [0.15, 0.2) is 24.3 Å². The molecule has 5 N–H and O–H groups in total. The van der Waals surface area contributed by atoms with Crippen molar-refractivity contribution >= 4 is 13.7 Å². The van der Waals surface area contributed by atoms with Crippen molar-refractivity contribution in [2.45, 2.75) is 231 Å². The summed E-state index contributed by atoms with van der Waals surface area (Å²) >= 11 is 0. The van der Waals surface area contributed by atoms with Crippen LogP contribution in [0.1, 0.15) is 219 Å². The first kappa shape index (κ1) is 52.0. The van der Waals surface area contributed by atoms with Gasteiger partial charge in [-0.1, -0.05) is 192 Å². The zero-order chi connectivity index (χ0) is 38.9.